The van der Waals surface area contributed by atoms with Gasteiger partial charge in [0.15, 0.2) is 16.0 Å². The number of nitro groups is 1. The van der Waals surface area contributed by atoms with E-state index in [0.717, 1.165) is 10.8 Å². The van der Waals surface area contributed by atoms with Gasteiger partial charge in [-0.2, -0.15) is 0 Å². The maximum atomic E-state index is 12.3. The van der Waals surface area contributed by atoms with Crippen LogP contribution in [0.5, 0.6) is 5.75 Å². The predicted octanol–water partition coefficient (Wildman–Crippen LogP) is 3.99. The molecule has 11 heteroatoms. The van der Waals surface area contributed by atoms with E-state index in [1.807, 2.05) is 12.1 Å². The van der Waals surface area contributed by atoms with Gasteiger partial charge in [-0.25, -0.2) is 4.98 Å². The van der Waals surface area contributed by atoms with Crippen LogP contribution in [0.4, 0.5) is 10.8 Å². The van der Waals surface area contributed by atoms with Crippen LogP contribution in [-0.2, 0) is 0 Å². The lowest BCUT2D eigenvalue weighted by molar-refractivity contribution is -0.385. The first-order chi connectivity index (χ1) is 12.9. The summed E-state index contributed by atoms with van der Waals surface area (Å²) in [4.78, 5) is 27.1. The van der Waals surface area contributed by atoms with Crippen molar-refractivity contribution < 1.29 is 14.5 Å². The molecule has 2 aromatic carbocycles. The number of carbonyl (C=O) groups is 1. The summed E-state index contributed by atoms with van der Waals surface area (Å²) < 4.78 is 5.78. The first-order valence-electron chi connectivity index (χ1n) is 7.39. The average molecular weight is 423 g/mol. The minimum Gasteiger partial charge on any atom is -0.490 e. The Morgan fingerprint density at radius 3 is 2.81 bits per heavy atom. The zero-order chi connectivity index (χ0) is 19.6. The molecule has 0 radical (unpaired) electrons. The van der Waals surface area contributed by atoms with E-state index in [9.17, 15) is 14.9 Å². The standard InChI is InChI=1S/C16H11ClN4O4S2/c1-25-11-6-5-8(7-10(11)21(23)24)14(22)19-15(26)20-16-18-13-9(17)3-2-4-12(13)27-16/h2-7H,1H3,(H2,18,19,20,22,26). The first kappa shape index (κ1) is 19.0. The second-order valence-corrected chi connectivity index (χ2v) is 7.00. The summed E-state index contributed by atoms with van der Waals surface area (Å²) in [6.45, 7) is 0. The van der Waals surface area contributed by atoms with Crippen molar-refractivity contribution >= 4 is 67.2 Å². The maximum Gasteiger partial charge on any atom is 0.311 e. The molecule has 8 nitrogen and oxygen atoms in total. The van der Waals surface area contributed by atoms with Crippen LogP contribution in [0.15, 0.2) is 36.4 Å². The summed E-state index contributed by atoms with van der Waals surface area (Å²) in [5.41, 5.74) is 0.385. The van der Waals surface area contributed by atoms with Crippen LogP contribution in [0.2, 0.25) is 5.02 Å². The molecule has 0 bridgehead atoms. The van der Waals surface area contributed by atoms with Crippen LogP contribution in [0.1, 0.15) is 10.4 Å². The Kier molecular flexibility index (Phi) is 5.49. The third kappa shape index (κ3) is 4.13. The molecule has 0 saturated carbocycles. The summed E-state index contributed by atoms with van der Waals surface area (Å²) in [6, 6.07) is 9.27. The number of para-hydroxylation sites is 1. The number of hydrogen-bond donors (Lipinski definition) is 2. The third-order valence-electron chi connectivity index (χ3n) is 3.46. The number of fused-ring (bicyclic) bond motifs is 1. The number of ether oxygens (including phenoxy) is 1. The van der Waals surface area contributed by atoms with Crippen LogP contribution in [0, 0.1) is 10.1 Å². The zero-order valence-corrected chi connectivity index (χ0v) is 16.1. The Labute approximate surface area is 167 Å². The van der Waals surface area contributed by atoms with Crippen molar-refractivity contribution in [3.8, 4) is 5.75 Å². The zero-order valence-electron chi connectivity index (χ0n) is 13.7. The fraction of sp³-hybridized carbons (Fsp3) is 0.0625. The molecule has 27 heavy (non-hydrogen) atoms. The van der Waals surface area contributed by atoms with Crippen molar-refractivity contribution in [3.05, 3.63) is 57.1 Å². The number of amides is 1. The van der Waals surface area contributed by atoms with Crippen molar-refractivity contribution in [1.82, 2.24) is 10.3 Å². The summed E-state index contributed by atoms with van der Waals surface area (Å²) in [5, 5.41) is 17.3. The molecule has 3 aromatic rings. The quantitative estimate of drug-likeness (QED) is 0.372. The number of anilines is 1. The summed E-state index contributed by atoms with van der Waals surface area (Å²) >= 11 is 12.5. The highest BCUT2D eigenvalue weighted by atomic mass is 35.5. The summed E-state index contributed by atoms with van der Waals surface area (Å²) in [5.74, 6) is -0.541. The van der Waals surface area contributed by atoms with Gasteiger partial charge in [0.1, 0.15) is 5.52 Å². The van der Waals surface area contributed by atoms with E-state index in [1.54, 1.807) is 6.07 Å². The number of thiazole rings is 1. The topological polar surface area (TPSA) is 106 Å². The minimum absolute atomic E-state index is 0.00801. The number of aromatic nitrogens is 1. The van der Waals surface area contributed by atoms with Crippen LogP contribution in [0.3, 0.4) is 0 Å². The highest BCUT2D eigenvalue weighted by molar-refractivity contribution is 7.80. The fourth-order valence-electron chi connectivity index (χ4n) is 2.25. The van der Waals surface area contributed by atoms with Crippen LogP contribution < -0.4 is 15.4 Å². The number of rotatable bonds is 4. The van der Waals surface area contributed by atoms with Crippen molar-refractivity contribution in [1.29, 1.82) is 0 Å². The number of benzene rings is 2. The molecular formula is C16H11ClN4O4S2. The van der Waals surface area contributed by atoms with Crippen molar-refractivity contribution in [2.45, 2.75) is 0 Å². The molecule has 2 N–H and O–H groups in total. The Morgan fingerprint density at radius 1 is 1.37 bits per heavy atom. The summed E-state index contributed by atoms with van der Waals surface area (Å²) in [7, 11) is 1.31. The van der Waals surface area contributed by atoms with E-state index < -0.39 is 10.8 Å². The Bertz CT molecular complexity index is 1070. The van der Waals surface area contributed by atoms with Gasteiger partial charge in [0.2, 0.25) is 0 Å². The Hall–Kier alpha value is -2.82. The van der Waals surface area contributed by atoms with Crippen LogP contribution in [0.25, 0.3) is 10.2 Å². The lowest BCUT2D eigenvalue weighted by Crippen LogP contribution is -2.34. The molecule has 3 rings (SSSR count). The number of methoxy groups -OCH3 is 1. The van der Waals surface area contributed by atoms with Gasteiger partial charge in [-0.05, 0) is 36.5 Å². The van der Waals surface area contributed by atoms with Crippen LogP contribution in [-0.4, -0.2) is 28.0 Å². The molecular weight excluding hydrogens is 412 g/mol. The van der Waals surface area contributed by atoms with Crippen molar-refractivity contribution in [3.63, 3.8) is 0 Å². The van der Waals surface area contributed by atoms with Crippen molar-refractivity contribution in [2.24, 2.45) is 0 Å². The number of nitrogens with zero attached hydrogens (tertiary/aromatic N) is 2. The number of nitro benzene ring substituents is 1. The van der Waals surface area contributed by atoms with Gasteiger partial charge in [-0.15, -0.1) is 0 Å². The van der Waals surface area contributed by atoms with Gasteiger partial charge in [0.05, 0.1) is 21.8 Å². The Morgan fingerprint density at radius 2 is 2.15 bits per heavy atom. The van der Waals surface area contributed by atoms with Gasteiger partial charge in [0.25, 0.3) is 5.91 Å². The SMILES string of the molecule is COc1ccc(C(=O)NC(=S)Nc2nc3c(Cl)cccc3s2)cc1[N+](=O)[O-]. The number of nitrogens with one attached hydrogen (secondary N) is 2. The van der Waals surface area contributed by atoms with Crippen molar-refractivity contribution in [2.75, 3.05) is 12.4 Å². The van der Waals surface area contributed by atoms with Crippen LogP contribution >= 0.6 is 35.2 Å². The average Bonchev–Trinajstić information content (AvgIpc) is 3.04. The lowest BCUT2D eigenvalue weighted by Gasteiger charge is -2.08. The molecule has 0 fully saturated rings. The van der Waals surface area contributed by atoms with E-state index in [4.69, 9.17) is 28.6 Å². The number of thiocarbonyl (C=S) groups is 1. The number of halogens is 1. The molecule has 0 aliphatic carbocycles. The van der Waals surface area contributed by atoms with Gasteiger partial charge in [0, 0.05) is 11.6 Å². The lowest BCUT2D eigenvalue weighted by atomic mass is 10.2. The molecule has 0 spiro atoms. The third-order valence-corrected chi connectivity index (χ3v) is 4.90. The van der Waals surface area contributed by atoms with E-state index in [2.05, 4.69) is 15.6 Å². The van der Waals surface area contributed by atoms with Gasteiger partial charge in [-0.1, -0.05) is 29.0 Å². The second-order valence-electron chi connectivity index (χ2n) is 5.16. The highest BCUT2D eigenvalue weighted by Crippen LogP contribution is 2.30. The molecule has 0 saturated heterocycles. The predicted molar refractivity (Wildman–Crippen MR) is 108 cm³/mol. The normalized spacial score (nSPS) is 10.4. The fourth-order valence-corrected chi connectivity index (χ4v) is 3.67. The largest absolute Gasteiger partial charge is 0.490 e. The highest BCUT2D eigenvalue weighted by Gasteiger charge is 2.19. The van der Waals surface area contributed by atoms with Gasteiger partial charge < -0.3 is 10.1 Å². The maximum absolute atomic E-state index is 12.3. The Balaban J connectivity index is 1.73. The smallest absolute Gasteiger partial charge is 0.311 e. The molecule has 1 amide bonds. The number of hydrogen-bond acceptors (Lipinski definition) is 7. The monoisotopic (exact) mass is 422 g/mol. The molecule has 0 aliphatic heterocycles. The van der Waals surface area contributed by atoms with E-state index >= 15 is 0 Å². The molecule has 0 unspecified atom stereocenters. The van der Waals surface area contributed by atoms with Gasteiger partial charge >= 0.3 is 5.69 Å². The summed E-state index contributed by atoms with van der Waals surface area (Å²) in [6.07, 6.45) is 0. The molecule has 0 atom stereocenters. The number of carbonyl (C=O) groups excluding carboxylic acids is 1. The molecule has 1 aromatic heterocycles. The second kappa shape index (κ2) is 7.82. The van der Waals surface area contributed by atoms with E-state index in [0.29, 0.717) is 15.7 Å². The first-order valence-corrected chi connectivity index (χ1v) is 8.99. The molecule has 1 heterocycles. The van der Waals surface area contributed by atoms with E-state index in [1.165, 1.54) is 30.6 Å². The molecule has 0 aliphatic rings. The van der Waals surface area contributed by atoms with E-state index in [-0.39, 0.29) is 22.1 Å². The minimum atomic E-state index is -0.628. The van der Waals surface area contributed by atoms with Gasteiger partial charge in [-0.3, -0.25) is 20.2 Å². The molecule has 138 valence electrons.